The molecule has 0 aliphatic carbocycles. The number of amides is 1. The number of fused-ring (bicyclic) bond motifs is 1. The summed E-state index contributed by atoms with van der Waals surface area (Å²) < 4.78 is 130. The number of hydrogen-bond acceptors (Lipinski definition) is 6. The zero-order chi connectivity index (χ0) is 34.2. The van der Waals surface area contributed by atoms with E-state index < -0.39 is 59.5 Å². The summed E-state index contributed by atoms with van der Waals surface area (Å²) >= 11 is 0. The molecular formula is C29H31F9N6O2. The van der Waals surface area contributed by atoms with Crippen LogP contribution in [0.1, 0.15) is 72.5 Å². The third-order valence-corrected chi connectivity index (χ3v) is 7.73. The van der Waals surface area contributed by atoms with Crippen molar-refractivity contribution in [2.45, 2.75) is 71.1 Å². The molecule has 0 fully saturated rings. The Balaban J connectivity index is 1.89. The van der Waals surface area contributed by atoms with E-state index in [4.69, 9.17) is 4.74 Å². The molecule has 2 heterocycles. The van der Waals surface area contributed by atoms with E-state index in [0.29, 0.717) is 18.6 Å². The summed E-state index contributed by atoms with van der Waals surface area (Å²) in [5.74, 6) is -0.228. The largest absolute Gasteiger partial charge is 0.449 e. The lowest BCUT2D eigenvalue weighted by atomic mass is 9.94. The number of rotatable bonds is 7. The Morgan fingerprint density at radius 1 is 1.00 bits per heavy atom. The van der Waals surface area contributed by atoms with Gasteiger partial charge in [0.15, 0.2) is 0 Å². The predicted molar refractivity (Wildman–Crippen MR) is 148 cm³/mol. The maximum atomic E-state index is 14.1. The Bertz CT molecular complexity index is 1520. The molecule has 252 valence electrons. The highest BCUT2D eigenvalue weighted by Gasteiger charge is 2.40. The third kappa shape index (κ3) is 7.84. The van der Waals surface area contributed by atoms with Crippen LogP contribution in [0.25, 0.3) is 0 Å². The molecule has 2 atom stereocenters. The van der Waals surface area contributed by atoms with Gasteiger partial charge in [-0.05, 0) is 71.9 Å². The molecule has 0 saturated carbocycles. The van der Waals surface area contributed by atoms with E-state index in [-0.39, 0.29) is 60.7 Å². The van der Waals surface area contributed by atoms with Crippen LogP contribution in [0.2, 0.25) is 0 Å². The van der Waals surface area contributed by atoms with Gasteiger partial charge in [0, 0.05) is 13.1 Å². The molecule has 17 heteroatoms. The molecule has 8 nitrogen and oxygen atoms in total. The quantitative estimate of drug-likeness (QED) is 0.237. The van der Waals surface area contributed by atoms with E-state index in [2.05, 4.69) is 15.4 Å². The van der Waals surface area contributed by atoms with Gasteiger partial charge in [-0.1, -0.05) is 31.4 Å². The molecule has 0 radical (unpaired) electrons. The van der Waals surface area contributed by atoms with Crippen LogP contribution >= 0.6 is 0 Å². The molecule has 0 saturated heterocycles. The van der Waals surface area contributed by atoms with E-state index in [9.17, 15) is 44.3 Å². The molecule has 4 rings (SSSR count). The first-order valence-electron chi connectivity index (χ1n) is 14.2. The topological polar surface area (TPSA) is 76.4 Å². The number of hydrogen-bond donors (Lipinski definition) is 0. The van der Waals surface area contributed by atoms with E-state index in [1.54, 1.807) is 0 Å². The minimum atomic E-state index is -5.11. The molecule has 46 heavy (non-hydrogen) atoms. The zero-order valence-corrected chi connectivity index (χ0v) is 25.2. The average molecular weight is 667 g/mol. The maximum absolute atomic E-state index is 14.1. The highest BCUT2D eigenvalue weighted by molar-refractivity contribution is 5.89. The van der Waals surface area contributed by atoms with Gasteiger partial charge in [0.25, 0.3) is 5.95 Å². The molecule has 1 aliphatic heterocycles. The monoisotopic (exact) mass is 666 g/mol. The number of carbonyl (C=O) groups is 1. The van der Waals surface area contributed by atoms with Crippen LogP contribution in [-0.4, -0.2) is 39.5 Å². The Kier molecular flexibility index (Phi) is 9.83. The second-order valence-corrected chi connectivity index (χ2v) is 11.2. The smallest absolute Gasteiger partial charge is 0.416 e. The Labute approximate surface area is 258 Å². The second kappa shape index (κ2) is 13.0. The van der Waals surface area contributed by atoms with Gasteiger partial charge in [0.05, 0.1) is 42.1 Å². The van der Waals surface area contributed by atoms with Gasteiger partial charge in [0.1, 0.15) is 0 Å². The second-order valence-electron chi connectivity index (χ2n) is 11.2. The van der Waals surface area contributed by atoms with Gasteiger partial charge in [-0.2, -0.15) is 44.3 Å². The molecule has 0 bridgehead atoms. The van der Waals surface area contributed by atoms with Gasteiger partial charge in [0.2, 0.25) is 0 Å². The minimum absolute atomic E-state index is 0.000274. The molecule has 0 N–H and O–H groups in total. The van der Waals surface area contributed by atoms with Crippen molar-refractivity contribution in [3.63, 3.8) is 0 Å². The lowest BCUT2D eigenvalue weighted by Gasteiger charge is -2.33. The fraction of sp³-hybridized carbons (Fsp3) is 0.517. The summed E-state index contributed by atoms with van der Waals surface area (Å²) in [4.78, 5) is 16.6. The van der Waals surface area contributed by atoms with Crippen molar-refractivity contribution >= 4 is 17.7 Å². The first-order chi connectivity index (χ1) is 21.3. The van der Waals surface area contributed by atoms with Crippen molar-refractivity contribution in [1.82, 2.24) is 20.2 Å². The fourth-order valence-corrected chi connectivity index (χ4v) is 5.18. The molecule has 0 spiro atoms. The van der Waals surface area contributed by atoms with Crippen molar-refractivity contribution in [2.24, 2.45) is 13.0 Å². The number of alkyl halides is 9. The SMILES string of the molecule is CCC(C)COC(=O)N1CCC[C@H](N(Cc2cc(C(F)(F)F)cc(C(F)(F)F)c2)c2nnn(C)n2)c2cc(C)c(C(F)(F)F)cc21. The van der Waals surface area contributed by atoms with Gasteiger partial charge < -0.3 is 9.64 Å². The van der Waals surface area contributed by atoms with Crippen molar-refractivity contribution in [2.75, 3.05) is 23.0 Å². The summed E-state index contributed by atoms with van der Waals surface area (Å²) in [6, 6.07) is 2.14. The number of carbonyl (C=O) groups excluding carboxylic acids is 1. The summed E-state index contributed by atoms with van der Waals surface area (Å²) in [6.07, 6.45) is -15.0. The highest BCUT2D eigenvalue weighted by atomic mass is 19.4. The van der Waals surface area contributed by atoms with Crippen molar-refractivity contribution in [3.05, 3.63) is 63.7 Å². The van der Waals surface area contributed by atoms with Crippen LogP contribution in [-0.2, 0) is 36.9 Å². The number of benzene rings is 2. The molecule has 1 amide bonds. The standard InChI is InChI=1S/C29H31F9N6O2/c1-5-16(2)15-46-26(45)43-8-6-7-23(21-9-17(3)22(13-24(21)43)29(36,37)38)44(25-39-41-42(4)40-25)14-18-10-19(27(30,31)32)12-20(11-18)28(33,34)35/h9-13,16,23H,5-8,14-15H2,1-4H3/t16?,23-/m0/s1. The molecule has 1 aromatic heterocycles. The van der Waals surface area contributed by atoms with Crippen LogP contribution in [0.3, 0.4) is 0 Å². The van der Waals surface area contributed by atoms with Crippen molar-refractivity contribution in [1.29, 1.82) is 0 Å². The molecule has 2 aromatic carbocycles. The molecule has 1 unspecified atom stereocenters. The lowest BCUT2D eigenvalue weighted by molar-refractivity contribution is -0.143. The van der Waals surface area contributed by atoms with Gasteiger partial charge >= 0.3 is 24.6 Å². The van der Waals surface area contributed by atoms with E-state index in [0.717, 1.165) is 15.8 Å². The lowest BCUT2D eigenvalue weighted by Crippen LogP contribution is -2.34. The van der Waals surface area contributed by atoms with Crippen molar-refractivity contribution in [3.8, 4) is 0 Å². The Morgan fingerprint density at radius 3 is 2.15 bits per heavy atom. The van der Waals surface area contributed by atoms with E-state index >= 15 is 0 Å². The molecular weight excluding hydrogens is 635 g/mol. The van der Waals surface area contributed by atoms with E-state index in [1.165, 1.54) is 24.9 Å². The number of anilines is 2. The number of aromatic nitrogens is 4. The van der Waals surface area contributed by atoms with Crippen LogP contribution in [0.15, 0.2) is 30.3 Å². The normalized spacial score (nSPS) is 16.5. The first-order valence-corrected chi connectivity index (χ1v) is 14.2. The number of aryl methyl sites for hydroxylation is 2. The first kappa shape index (κ1) is 34.8. The Morgan fingerprint density at radius 2 is 1.63 bits per heavy atom. The van der Waals surface area contributed by atoms with Crippen molar-refractivity contribution < 1.29 is 49.0 Å². The number of tetrazole rings is 1. The average Bonchev–Trinajstić information content (AvgIpc) is 3.30. The fourth-order valence-electron chi connectivity index (χ4n) is 5.18. The van der Waals surface area contributed by atoms with Gasteiger partial charge in [-0.3, -0.25) is 4.90 Å². The maximum Gasteiger partial charge on any atom is 0.416 e. The molecule has 3 aromatic rings. The summed E-state index contributed by atoms with van der Waals surface area (Å²) in [5.41, 5.74) is -4.73. The van der Waals surface area contributed by atoms with Crippen LogP contribution in [0.5, 0.6) is 0 Å². The van der Waals surface area contributed by atoms with Crippen LogP contribution < -0.4 is 9.80 Å². The predicted octanol–water partition coefficient (Wildman–Crippen LogP) is 8.11. The minimum Gasteiger partial charge on any atom is -0.449 e. The molecule has 1 aliphatic rings. The third-order valence-electron chi connectivity index (χ3n) is 7.73. The summed E-state index contributed by atoms with van der Waals surface area (Å²) in [5, 5.41) is 11.8. The summed E-state index contributed by atoms with van der Waals surface area (Å²) in [7, 11) is 1.39. The number of halogens is 9. The van der Waals surface area contributed by atoms with Crippen LogP contribution in [0.4, 0.5) is 55.9 Å². The Hall–Kier alpha value is -4.05. The van der Waals surface area contributed by atoms with Crippen LogP contribution in [0, 0.1) is 12.8 Å². The van der Waals surface area contributed by atoms with Gasteiger partial charge in [-0.15, -0.1) is 5.10 Å². The van der Waals surface area contributed by atoms with E-state index in [1.807, 2.05) is 13.8 Å². The van der Waals surface area contributed by atoms with Gasteiger partial charge in [-0.25, -0.2) is 4.79 Å². The summed E-state index contributed by atoms with van der Waals surface area (Å²) in [6.45, 7) is 4.24. The number of ether oxygens (including phenoxy) is 1. The number of nitrogens with zero attached hydrogens (tertiary/aromatic N) is 6. The highest BCUT2D eigenvalue weighted by Crippen LogP contribution is 2.44. The zero-order valence-electron chi connectivity index (χ0n) is 25.2.